The van der Waals surface area contributed by atoms with Gasteiger partial charge in [0.2, 0.25) is 0 Å². The second-order valence-corrected chi connectivity index (χ2v) is 5.62. The molecule has 3 heterocycles. The van der Waals surface area contributed by atoms with Crippen molar-refractivity contribution < 1.29 is 9.18 Å². The Morgan fingerprint density at radius 2 is 1.95 bits per heavy atom. The highest BCUT2D eigenvalue weighted by Crippen LogP contribution is 2.27. The van der Waals surface area contributed by atoms with E-state index in [9.17, 15) is 9.18 Å². The third-order valence-corrected chi connectivity index (χ3v) is 4.28. The maximum atomic E-state index is 13.9. The molecule has 4 heteroatoms. The molecule has 0 radical (unpaired) electrons. The minimum atomic E-state index is -0.715. The summed E-state index contributed by atoms with van der Waals surface area (Å²) in [5.74, 6) is -0.797. The van der Waals surface area contributed by atoms with Crippen molar-refractivity contribution in [1.82, 2.24) is 10.2 Å². The Balaban J connectivity index is 1.63. The Hall–Kier alpha value is -1.68. The lowest BCUT2D eigenvalue weighted by atomic mass is 9.84. The van der Waals surface area contributed by atoms with Gasteiger partial charge in [-0.25, -0.2) is 4.39 Å². The summed E-state index contributed by atoms with van der Waals surface area (Å²) in [6, 6.07) is 9.17. The van der Waals surface area contributed by atoms with Crippen LogP contribution in [0.5, 0.6) is 0 Å². The average Bonchev–Trinajstić information content (AvgIpc) is 2.49. The zero-order valence-corrected chi connectivity index (χ0v) is 11.4. The van der Waals surface area contributed by atoms with Crippen LogP contribution in [0.25, 0.3) is 6.08 Å². The van der Waals surface area contributed by atoms with Crippen LogP contribution in [-0.4, -0.2) is 36.5 Å². The lowest BCUT2D eigenvalue weighted by Gasteiger charge is -2.44. The number of hydrogen-bond acceptors (Lipinski definition) is 2. The number of amides is 1. The number of halogens is 1. The second-order valence-electron chi connectivity index (χ2n) is 5.62. The number of nitrogens with zero attached hydrogens (tertiary/aromatic N) is 1. The van der Waals surface area contributed by atoms with Gasteiger partial charge in [0.1, 0.15) is 0 Å². The zero-order chi connectivity index (χ0) is 13.9. The summed E-state index contributed by atoms with van der Waals surface area (Å²) in [7, 11) is 0. The predicted molar refractivity (Wildman–Crippen MR) is 76.6 cm³/mol. The van der Waals surface area contributed by atoms with E-state index >= 15 is 0 Å². The predicted octanol–water partition coefficient (Wildman–Crippen LogP) is 2.21. The maximum absolute atomic E-state index is 13.9. The maximum Gasteiger partial charge on any atom is 0.280 e. The van der Waals surface area contributed by atoms with E-state index in [0.717, 1.165) is 32.5 Å². The van der Waals surface area contributed by atoms with Crippen molar-refractivity contribution in [1.29, 1.82) is 0 Å². The monoisotopic (exact) mass is 274 g/mol. The van der Waals surface area contributed by atoms with Crippen LogP contribution in [-0.2, 0) is 4.79 Å². The molecular formula is C16H19FN2O. The number of nitrogens with one attached hydrogen (secondary N) is 1. The molecule has 1 aromatic carbocycles. The topological polar surface area (TPSA) is 32.3 Å². The van der Waals surface area contributed by atoms with Gasteiger partial charge in [0.05, 0.1) is 0 Å². The van der Waals surface area contributed by atoms with E-state index < -0.39 is 11.7 Å². The van der Waals surface area contributed by atoms with Gasteiger partial charge >= 0.3 is 0 Å². The molecular weight excluding hydrogens is 255 g/mol. The highest BCUT2D eigenvalue weighted by Gasteiger charge is 2.35. The Labute approximate surface area is 118 Å². The van der Waals surface area contributed by atoms with Gasteiger partial charge in [-0.2, -0.15) is 0 Å². The van der Waals surface area contributed by atoms with Crippen LogP contribution < -0.4 is 5.32 Å². The molecule has 1 aromatic rings. The second kappa shape index (κ2) is 5.75. The van der Waals surface area contributed by atoms with E-state index in [0.29, 0.717) is 11.5 Å². The molecule has 3 aliphatic rings. The number of piperidine rings is 3. The molecule has 1 N–H and O–H groups in total. The first-order chi connectivity index (χ1) is 9.72. The molecule has 106 valence electrons. The SMILES string of the molecule is O=C(N[C@H]1CN2CCC1CC2)C(F)=Cc1ccccc1. The van der Waals surface area contributed by atoms with Crippen LogP contribution in [0.2, 0.25) is 0 Å². The van der Waals surface area contributed by atoms with E-state index in [4.69, 9.17) is 0 Å². The molecule has 2 bridgehead atoms. The zero-order valence-electron chi connectivity index (χ0n) is 11.4. The highest BCUT2D eigenvalue weighted by atomic mass is 19.1. The molecule has 4 rings (SSSR count). The van der Waals surface area contributed by atoms with Gasteiger partial charge in [-0.05, 0) is 43.5 Å². The van der Waals surface area contributed by atoms with E-state index in [-0.39, 0.29) is 6.04 Å². The summed E-state index contributed by atoms with van der Waals surface area (Å²) >= 11 is 0. The number of fused-ring (bicyclic) bond motifs is 3. The molecule has 0 aliphatic carbocycles. The molecule has 3 aliphatic heterocycles. The van der Waals surface area contributed by atoms with Crippen LogP contribution in [0, 0.1) is 5.92 Å². The quantitative estimate of drug-likeness (QED) is 0.857. The first-order valence-corrected chi connectivity index (χ1v) is 7.18. The van der Waals surface area contributed by atoms with Crippen LogP contribution >= 0.6 is 0 Å². The van der Waals surface area contributed by atoms with E-state index in [1.165, 1.54) is 6.08 Å². The summed E-state index contributed by atoms with van der Waals surface area (Å²) in [5.41, 5.74) is 0.703. The molecule has 3 saturated heterocycles. The van der Waals surface area contributed by atoms with Crippen molar-refractivity contribution in [2.24, 2.45) is 5.92 Å². The van der Waals surface area contributed by atoms with Crippen LogP contribution in [0.1, 0.15) is 18.4 Å². The number of hydrogen-bond donors (Lipinski definition) is 1. The average molecular weight is 274 g/mol. The molecule has 3 fully saturated rings. The number of benzene rings is 1. The Bertz CT molecular complexity index is 506. The van der Waals surface area contributed by atoms with Crippen molar-refractivity contribution in [2.45, 2.75) is 18.9 Å². The Kier molecular flexibility index (Phi) is 3.83. The van der Waals surface area contributed by atoms with Crippen LogP contribution in [0.4, 0.5) is 4.39 Å². The summed E-state index contributed by atoms with van der Waals surface area (Å²) in [6.45, 7) is 3.08. The molecule has 3 nitrogen and oxygen atoms in total. The van der Waals surface area contributed by atoms with Crippen molar-refractivity contribution in [3.05, 3.63) is 41.7 Å². The smallest absolute Gasteiger partial charge is 0.280 e. The normalized spacial score (nSPS) is 29.2. The van der Waals surface area contributed by atoms with Gasteiger partial charge in [-0.15, -0.1) is 0 Å². The minimum absolute atomic E-state index is 0.0972. The lowest BCUT2D eigenvalue weighted by Crippen LogP contribution is -2.57. The van der Waals surface area contributed by atoms with Gasteiger partial charge in [0.25, 0.3) is 5.91 Å². The van der Waals surface area contributed by atoms with Gasteiger partial charge in [-0.3, -0.25) is 4.79 Å². The molecule has 1 atom stereocenters. The molecule has 0 unspecified atom stereocenters. The Morgan fingerprint density at radius 3 is 2.55 bits per heavy atom. The third kappa shape index (κ3) is 2.90. The summed E-state index contributed by atoms with van der Waals surface area (Å²) < 4.78 is 13.9. The number of rotatable bonds is 3. The first-order valence-electron chi connectivity index (χ1n) is 7.18. The van der Waals surface area contributed by atoms with E-state index in [1.54, 1.807) is 12.1 Å². The minimum Gasteiger partial charge on any atom is -0.346 e. The van der Waals surface area contributed by atoms with Gasteiger partial charge < -0.3 is 10.2 Å². The number of carbonyl (C=O) groups is 1. The van der Waals surface area contributed by atoms with Crippen molar-refractivity contribution in [2.75, 3.05) is 19.6 Å². The fourth-order valence-corrected chi connectivity index (χ4v) is 3.13. The molecule has 0 aromatic heterocycles. The van der Waals surface area contributed by atoms with Crippen LogP contribution in [0.3, 0.4) is 0 Å². The van der Waals surface area contributed by atoms with Crippen LogP contribution in [0.15, 0.2) is 36.2 Å². The summed E-state index contributed by atoms with van der Waals surface area (Å²) in [6.07, 6.45) is 3.50. The molecule has 0 saturated carbocycles. The largest absolute Gasteiger partial charge is 0.346 e. The first kappa shape index (κ1) is 13.3. The summed E-state index contributed by atoms with van der Waals surface area (Å²) in [4.78, 5) is 14.3. The molecule has 0 spiro atoms. The van der Waals surface area contributed by atoms with E-state index in [2.05, 4.69) is 10.2 Å². The number of carbonyl (C=O) groups excluding carboxylic acids is 1. The molecule has 20 heavy (non-hydrogen) atoms. The fraction of sp³-hybridized carbons (Fsp3) is 0.438. The van der Waals surface area contributed by atoms with E-state index in [1.807, 2.05) is 18.2 Å². The van der Waals surface area contributed by atoms with Crippen molar-refractivity contribution in [3.63, 3.8) is 0 Å². The molecule has 1 amide bonds. The van der Waals surface area contributed by atoms with Crippen molar-refractivity contribution >= 4 is 12.0 Å². The highest BCUT2D eigenvalue weighted by molar-refractivity contribution is 5.95. The van der Waals surface area contributed by atoms with Gasteiger partial charge in [0.15, 0.2) is 5.83 Å². The Morgan fingerprint density at radius 1 is 1.25 bits per heavy atom. The van der Waals surface area contributed by atoms with Crippen molar-refractivity contribution in [3.8, 4) is 0 Å². The van der Waals surface area contributed by atoms with Gasteiger partial charge in [0, 0.05) is 12.6 Å². The fourth-order valence-electron chi connectivity index (χ4n) is 3.13. The van der Waals surface area contributed by atoms with Gasteiger partial charge in [-0.1, -0.05) is 30.3 Å². The summed E-state index contributed by atoms with van der Waals surface area (Å²) in [5, 5.41) is 2.85. The standard InChI is InChI=1S/C16H19FN2O/c17-14(10-12-4-2-1-3-5-12)16(20)18-15-11-19-8-6-13(15)7-9-19/h1-5,10,13,15H,6-9,11H2,(H,18,20)/t15-/m0/s1. The third-order valence-electron chi connectivity index (χ3n) is 4.28. The lowest BCUT2D eigenvalue weighted by molar-refractivity contribution is -0.120.